The molecule has 1 aromatic carbocycles. The first-order chi connectivity index (χ1) is 12.5. The van der Waals surface area contributed by atoms with Crippen LogP contribution in [0.25, 0.3) is 0 Å². The van der Waals surface area contributed by atoms with E-state index < -0.39 is 0 Å². The van der Waals surface area contributed by atoms with Crippen LogP contribution in [0.5, 0.6) is 0 Å². The van der Waals surface area contributed by atoms with Crippen LogP contribution in [0.15, 0.2) is 30.3 Å². The molecule has 144 valence electrons. The number of rotatable bonds is 6. The molecule has 0 aromatic heterocycles. The zero-order valence-electron chi connectivity index (χ0n) is 16.2. The molecule has 2 heterocycles. The highest BCUT2D eigenvalue weighted by Crippen LogP contribution is 2.27. The van der Waals surface area contributed by atoms with Gasteiger partial charge in [0.05, 0.1) is 19.8 Å². The molecule has 0 unspecified atom stereocenters. The summed E-state index contributed by atoms with van der Waals surface area (Å²) in [5, 5.41) is 3.15. The molecule has 0 atom stereocenters. The molecule has 2 aliphatic heterocycles. The van der Waals surface area contributed by atoms with Crippen molar-refractivity contribution in [1.29, 1.82) is 0 Å². The Bertz CT molecular complexity index is 562. The SMILES string of the molecule is CC(C)(CNC(=O)CN1CCC(c2ccccc2)CC1)N1CCOCC1. The second-order valence-electron chi connectivity index (χ2n) is 8.15. The Morgan fingerprint density at radius 3 is 2.42 bits per heavy atom. The number of hydrogen-bond donors (Lipinski definition) is 1. The van der Waals surface area contributed by atoms with Gasteiger partial charge in [0.1, 0.15) is 0 Å². The molecule has 0 saturated carbocycles. The maximum absolute atomic E-state index is 12.4. The van der Waals surface area contributed by atoms with Crippen molar-refractivity contribution < 1.29 is 9.53 Å². The average Bonchev–Trinajstić information content (AvgIpc) is 2.68. The fourth-order valence-corrected chi connectivity index (χ4v) is 4.00. The van der Waals surface area contributed by atoms with E-state index in [-0.39, 0.29) is 11.4 Å². The first kappa shape index (κ1) is 19.3. The lowest BCUT2D eigenvalue weighted by atomic mass is 9.89. The van der Waals surface area contributed by atoms with Crippen molar-refractivity contribution in [3.8, 4) is 0 Å². The highest BCUT2D eigenvalue weighted by atomic mass is 16.5. The van der Waals surface area contributed by atoms with E-state index in [1.165, 1.54) is 5.56 Å². The Morgan fingerprint density at radius 2 is 1.77 bits per heavy atom. The Kier molecular flexibility index (Phi) is 6.68. The van der Waals surface area contributed by atoms with E-state index in [4.69, 9.17) is 4.74 Å². The first-order valence-corrected chi connectivity index (χ1v) is 9.91. The molecule has 1 N–H and O–H groups in total. The van der Waals surface area contributed by atoms with Gasteiger partial charge in [-0.05, 0) is 51.3 Å². The molecule has 1 amide bonds. The van der Waals surface area contributed by atoms with E-state index in [1.54, 1.807) is 0 Å². The lowest BCUT2D eigenvalue weighted by Gasteiger charge is -2.41. The van der Waals surface area contributed by atoms with Crippen molar-refractivity contribution >= 4 is 5.91 Å². The maximum Gasteiger partial charge on any atom is 0.234 e. The van der Waals surface area contributed by atoms with Crippen molar-refractivity contribution in [2.75, 3.05) is 52.5 Å². The number of nitrogens with one attached hydrogen (secondary N) is 1. The van der Waals surface area contributed by atoms with Crippen LogP contribution in [0, 0.1) is 0 Å². The first-order valence-electron chi connectivity index (χ1n) is 9.91. The van der Waals surface area contributed by atoms with Gasteiger partial charge in [0.2, 0.25) is 5.91 Å². The summed E-state index contributed by atoms with van der Waals surface area (Å²) in [7, 11) is 0. The van der Waals surface area contributed by atoms with Crippen LogP contribution in [0.2, 0.25) is 0 Å². The number of morpholine rings is 1. The van der Waals surface area contributed by atoms with Crippen LogP contribution in [-0.2, 0) is 9.53 Å². The number of nitrogens with zero attached hydrogens (tertiary/aromatic N) is 2. The van der Waals surface area contributed by atoms with Crippen molar-refractivity contribution in [3.63, 3.8) is 0 Å². The van der Waals surface area contributed by atoms with Gasteiger partial charge in [-0.2, -0.15) is 0 Å². The average molecular weight is 360 g/mol. The molecule has 26 heavy (non-hydrogen) atoms. The summed E-state index contributed by atoms with van der Waals surface area (Å²) < 4.78 is 5.43. The van der Waals surface area contributed by atoms with Gasteiger partial charge in [0, 0.05) is 25.2 Å². The number of ether oxygens (including phenoxy) is 1. The summed E-state index contributed by atoms with van der Waals surface area (Å²) in [5.74, 6) is 0.778. The third-order valence-corrected chi connectivity index (χ3v) is 5.81. The topological polar surface area (TPSA) is 44.8 Å². The minimum atomic E-state index is -0.0280. The number of amides is 1. The molecule has 0 aliphatic carbocycles. The molecule has 0 spiro atoms. The minimum Gasteiger partial charge on any atom is -0.379 e. The monoisotopic (exact) mass is 359 g/mol. The van der Waals surface area contributed by atoms with Gasteiger partial charge in [-0.25, -0.2) is 0 Å². The van der Waals surface area contributed by atoms with E-state index in [1.807, 2.05) is 0 Å². The van der Waals surface area contributed by atoms with Crippen molar-refractivity contribution in [2.24, 2.45) is 0 Å². The molecule has 0 bridgehead atoms. The molecule has 2 saturated heterocycles. The van der Waals surface area contributed by atoms with Crippen molar-refractivity contribution in [2.45, 2.75) is 38.1 Å². The predicted molar refractivity (Wildman–Crippen MR) is 104 cm³/mol. The van der Waals surface area contributed by atoms with E-state index in [2.05, 4.69) is 59.3 Å². The third-order valence-electron chi connectivity index (χ3n) is 5.81. The zero-order valence-corrected chi connectivity index (χ0v) is 16.2. The third kappa shape index (κ3) is 5.29. The standard InChI is InChI=1S/C21H33N3O2/c1-21(2,24-12-14-26-15-13-24)17-22-20(25)16-23-10-8-19(9-11-23)18-6-4-3-5-7-18/h3-7,19H,8-17H2,1-2H3,(H,22,25). The largest absolute Gasteiger partial charge is 0.379 e. The van der Waals surface area contributed by atoms with Gasteiger partial charge >= 0.3 is 0 Å². The minimum absolute atomic E-state index is 0.0280. The Balaban J connectivity index is 1.39. The molecule has 3 rings (SSSR count). The summed E-state index contributed by atoms with van der Waals surface area (Å²) >= 11 is 0. The van der Waals surface area contributed by atoms with E-state index in [0.717, 1.165) is 52.2 Å². The lowest BCUT2D eigenvalue weighted by molar-refractivity contribution is -0.123. The van der Waals surface area contributed by atoms with Gasteiger partial charge in [0.25, 0.3) is 0 Å². The summed E-state index contributed by atoms with van der Waals surface area (Å²) in [6, 6.07) is 10.7. The van der Waals surface area contributed by atoms with Crippen LogP contribution >= 0.6 is 0 Å². The molecule has 2 fully saturated rings. The lowest BCUT2D eigenvalue weighted by Crippen LogP contribution is -2.56. The van der Waals surface area contributed by atoms with Crippen LogP contribution in [0.4, 0.5) is 0 Å². The number of hydrogen-bond acceptors (Lipinski definition) is 4. The summed E-state index contributed by atoms with van der Waals surface area (Å²) in [4.78, 5) is 17.1. The predicted octanol–water partition coefficient (Wildman–Crippen LogP) is 2.09. The maximum atomic E-state index is 12.4. The highest BCUT2D eigenvalue weighted by molar-refractivity contribution is 5.78. The quantitative estimate of drug-likeness (QED) is 0.845. The highest BCUT2D eigenvalue weighted by Gasteiger charge is 2.29. The molecule has 5 heteroatoms. The number of carbonyl (C=O) groups is 1. The van der Waals surface area contributed by atoms with E-state index >= 15 is 0 Å². The van der Waals surface area contributed by atoms with Crippen molar-refractivity contribution in [1.82, 2.24) is 15.1 Å². The van der Waals surface area contributed by atoms with Gasteiger partial charge in [-0.15, -0.1) is 0 Å². The van der Waals surface area contributed by atoms with Gasteiger partial charge in [-0.3, -0.25) is 14.6 Å². The summed E-state index contributed by atoms with van der Waals surface area (Å²) in [6.07, 6.45) is 2.27. The van der Waals surface area contributed by atoms with Gasteiger partial charge in [-0.1, -0.05) is 30.3 Å². The Morgan fingerprint density at radius 1 is 1.12 bits per heavy atom. The summed E-state index contributed by atoms with van der Waals surface area (Å²) in [6.45, 7) is 11.0. The van der Waals surface area contributed by atoms with Crippen LogP contribution in [0.1, 0.15) is 38.2 Å². The Labute approximate surface area is 157 Å². The molecule has 1 aromatic rings. The second kappa shape index (κ2) is 8.98. The smallest absolute Gasteiger partial charge is 0.234 e. The van der Waals surface area contributed by atoms with E-state index in [9.17, 15) is 4.79 Å². The normalized spacial score (nSPS) is 20.8. The zero-order chi connectivity index (χ0) is 18.4. The second-order valence-corrected chi connectivity index (χ2v) is 8.15. The van der Waals surface area contributed by atoms with Gasteiger partial charge < -0.3 is 10.1 Å². The fraction of sp³-hybridized carbons (Fsp3) is 0.667. The number of benzene rings is 1. The van der Waals surface area contributed by atoms with E-state index in [0.29, 0.717) is 19.0 Å². The van der Waals surface area contributed by atoms with Crippen LogP contribution in [-0.4, -0.2) is 73.7 Å². The van der Waals surface area contributed by atoms with Crippen LogP contribution < -0.4 is 5.32 Å². The Hall–Kier alpha value is -1.43. The number of likely N-dealkylation sites (tertiary alicyclic amines) is 1. The van der Waals surface area contributed by atoms with Crippen LogP contribution in [0.3, 0.4) is 0 Å². The fourth-order valence-electron chi connectivity index (χ4n) is 4.00. The summed E-state index contributed by atoms with van der Waals surface area (Å²) in [5.41, 5.74) is 1.41. The number of piperidine rings is 1. The number of carbonyl (C=O) groups excluding carboxylic acids is 1. The molecule has 5 nitrogen and oxygen atoms in total. The van der Waals surface area contributed by atoms with Crippen molar-refractivity contribution in [3.05, 3.63) is 35.9 Å². The molecular formula is C21H33N3O2. The molecular weight excluding hydrogens is 326 g/mol. The molecule has 0 radical (unpaired) electrons. The van der Waals surface area contributed by atoms with Gasteiger partial charge in [0.15, 0.2) is 0 Å². The molecule has 2 aliphatic rings.